The van der Waals surface area contributed by atoms with Gasteiger partial charge in [-0.25, -0.2) is 0 Å². The lowest BCUT2D eigenvalue weighted by molar-refractivity contribution is 0.292. The number of hydrogen-bond donors (Lipinski definition) is 2. The SMILES string of the molecule is CCCOc1nc(NCC)nc(NCCn2ccnn2)n1. The molecule has 9 nitrogen and oxygen atoms in total. The summed E-state index contributed by atoms with van der Waals surface area (Å²) in [6, 6.07) is 0.325. The molecule has 0 bridgehead atoms. The van der Waals surface area contributed by atoms with E-state index in [4.69, 9.17) is 4.74 Å². The molecule has 0 radical (unpaired) electrons. The molecule has 0 spiro atoms. The molecule has 0 saturated carbocycles. The van der Waals surface area contributed by atoms with E-state index in [-0.39, 0.29) is 0 Å². The van der Waals surface area contributed by atoms with Crippen molar-refractivity contribution in [3.8, 4) is 6.01 Å². The molecule has 21 heavy (non-hydrogen) atoms. The van der Waals surface area contributed by atoms with Crippen molar-refractivity contribution in [2.45, 2.75) is 26.8 Å². The maximum atomic E-state index is 5.47. The lowest BCUT2D eigenvalue weighted by atomic mass is 10.5. The molecule has 0 amide bonds. The van der Waals surface area contributed by atoms with Crippen molar-refractivity contribution in [3.63, 3.8) is 0 Å². The quantitative estimate of drug-likeness (QED) is 0.699. The third-order valence-corrected chi connectivity index (χ3v) is 2.48. The summed E-state index contributed by atoms with van der Waals surface area (Å²) in [6.07, 6.45) is 4.34. The zero-order valence-corrected chi connectivity index (χ0v) is 12.3. The van der Waals surface area contributed by atoms with Crippen molar-refractivity contribution in [2.24, 2.45) is 0 Å². The van der Waals surface area contributed by atoms with E-state index >= 15 is 0 Å². The molecule has 0 unspecified atom stereocenters. The van der Waals surface area contributed by atoms with Crippen molar-refractivity contribution in [1.82, 2.24) is 29.9 Å². The van der Waals surface area contributed by atoms with Crippen LogP contribution in [0.2, 0.25) is 0 Å². The zero-order valence-electron chi connectivity index (χ0n) is 12.3. The van der Waals surface area contributed by atoms with Crippen LogP contribution in [0.5, 0.6) is 6.01 Å². The Hall–Kier alpha value is -2.45. The smallest absolute Gasteiger partial charge is 0.323 e. The predicted octanol–water partition coefficient (Wildman–Crippen LogP) is 0.796. The Morgan fingerprint density at radius 1 is 1.14 bits per heavy atom. The van der Waals surface area contributed by atoms with Crippen molar-refractivity contribution in [1.29, 1.82) is 0 Å². The number of nitrogens with one attached hydrogen (secondary N) is 2. The van der Waals surface area contributed by atoms with E-state index in [0.717, 1.165) is 13.0 Å². The Balaban J connectivity index is 1.97. The fourth-order valence-corrected chi connectivity index (χ4v) is 1.56. The van der Waals surface area contributed by atoms with E-state index in [1.165, 1.54) is 0 Å². The first kappa shape index (κ1) is 14.9. The van der Waals surface area contributed by atoms with Crippen molar-refractivity contribution >= 4 is 11.9 Å². The minimum Gasteiger partial charge on any atom is -0.463 e. The van der Waals surface area contributed by atoms with Gasteiger partial charge in [0.1, 0.15) is 0 Å². The number of rotatable bonds is 9. The molecule has 2 N–H and O–H groups in total. The lowest BCUT2D eigenvalue weighted by Crippen LogP contribution is -2.15. The molecule has 2 aromatic rings. The van der Waals surface area contributed by atoms with Gasteiger partial charge in [0.15, 0.2) is 0 Å². The molecule has 0 saturated heterocycles. The highest BCUT2D eigenvalue weighted by atomic mass is 16.5. The average molecular weight is 292 g/mol. The summed E-state index contributed by atoms with van der Waals surface area (Å²) in [4.78, 5) is 12.7. The predicted molar refractivity (Wildman–Crippen MR) is 78.3 cm³/mol. The highest BCUT2D eigenvalue weighted by Gasteiger charge is 2.06. The lowest BCUT2D eigenvalue weighted by Gasteiger charge is -2.09. The van der Waals surface area contributed by atoms with Gasteiger partial charge in [0.25, 0.3) is 0 Å². The van der Waals surface area contributed by atoms with Crippen LogP contribution >= 0.6 is 0 Å². The molecular formula is C12H20N8O. The summed E-state index contributed by atoms with van der Waals surface area (Å²) in [5.41, 5.74) is 0. The van der Waals surface area contributed by atoms with E-state index in [1.807, 2.05) is 13.8 Å². The molecule has 0 aromatic carbocycles. The van der Waals surface area contributed by atoms with Gasteiger partial charge < -0.3 is 15.4 Å². The number of anilines is 2. The van der Waals surface area contributed by atoms with Crippen LogP contribution in [-0.4, -0.2) is 49.6 Å². The van der Waals surface area contributed by atoms with E-state index < -0.39 is 0 Å². The van der Waals surface area contributed by atoms with Crippen LogP contribution in [-0.2, 0) is 6.54 Å². The second-order valence-electron chi connectivity index (χ2n) is 4.24. The molecule has 2 rings (SSSR count). The van der Waals surface area contributed by atoms with Gasteiger partial charge >= 0.3 is 6.01 Å². The minimum absolute atomic E-state index is 0.325. The highest BCUT2D eigenvalue weighted by molar-refractivity contribution is 5.35. The summed E-state index contributed by atoms with van der Waals surface area (Å²) < 4.78 is 7.20. The Bertz CT molecular complexity index is 530. The van der Waals surface area contributed by atoms with Gasteiger partial charge in [-0.3, -0.25) is 4.68 Å². The molecule has 0 aliphatic carbocycles. The number of nitrogens with zero attached hydrogens (tertiary/aromatic N) is 6. The molecule has 0 aliphatic rings. The average Bonchev–Trinajstić information content (AvgIpc) is 2.99. The normalized spacial score (nSPS) is 10.4. The van der Waals surface area contributed by atoms with Crippen molar-refractivity contribution in [3.05, 3.63) is 12.4 Å². The molecule has 0 atom stereocenters. The summed E-state index contributed by atoms with van der Waals surface area (Å²) in [5, 5.41) is 13.8. The van der Waals surface area contributed by atoms with E-state index in [2.05, 4.69) is 35.9 Å². The maximum absolute atomic E-state index is 5.47. The van der Waals surface area contributed by atoms with Gasteiger partial charge in [-0.2, -0.15) is 15.0 Å². The van der Waals surface area contributed by atoms with Gasteiger partial charge in [-0.15, -0.1) is 5.10 Å². The number of aromatic nitrogens is 6. The van der Waals surface area contributed by atoms with Gasteiger partial charge in [0, 0.05) is 19.3 Å². The summed E-state index contributed by atoms with van der Waals surface area (Å²) in [7, 11) is 0. The first-order valence-electron chi connectivity index (χ1n) is 7.02. The fraction of sp³-hybridized carbons (Fsp3) is 0.583. The highest BCUT2D eigenvalue weighted by Crippen LogP contribution is 2.11. The molecular weight excluding hydrogens is 272 g/mol. The summed E-state index contributed by atoms with van der Waals surface area (Å²) >= 11 is 0. The Labute approximate surface area is 123 Å². The summed E-state index contributed by atoms with van der Waals surface area (Å²) in [5.74, 6) is 0.981. The Kier molecular flexibility index (Phi) is 5.68. The summed E-state index contributed by atoms with van der Waals surface area (Å²) in [6.45, 7) is 6.63. The largest absolute Gasteiger partial charge is 0.463 e. The van der Waals surface area contributed by atoms with Crippen LogP contribution in [0.1, 0.15) is 20.3 Å². The van der Waals surface area contributed by atoms with Crippen LogP contribution < -0.4 is 15.4 Å². The second kappa shape index (κ2) is 7.98. The molecule has 0 aliphatic heterocycles. The fourth-order valence-electron chi connectivity index (χ4n) is 1.56. The van der Waals surface area contributed by atoms with E-state index in [9.17, 15) is 0 Å². The van der Waals surface area contributed by atoms with Gasteiger partial charge in [-0.05, 0) is 13.3 Å². The third kappa shape index (κ3) is 4.86. The van der Waals surface area contributed by atoms with Crippen LogP contribution in [0.25, 0.3) is 0 Å². The topological polar surface area (TPSA) is 103 Å². The third-order valence-electron chi connectivity index (χ3n) is 2.48. The van der Waals surface area contributed by atoms with Gasteiger partial charge in [-0.1, -0.05) is 12.1 Å². The standard InChI is InChI=1S/C12H20N8O/c1-3-9-21-12-17-10(13-4-2)16-11(18-12)14-5-7-20-8-6-15-19-20/h6,8H,3-5,7,9H2,1-2H3,(H2,13,14,16,17,18). The Morgan fingerprint density at radius 3 is 2.62 bits per heavy atom. The van der Waals surface area contributed by atoms with Crippen LogP contribution in [0, 0.1) is 0 Å². The van der Waals surface area contributed by atoms with Crippen LogP contribution in [0.4, 0.5) is 11.9 Å². The van der Waals surface area contributed by atoms with Crippen molar-refractivity contribution in [2.75, 3.05) is 30.3 Å². The monoisotopic (exact) mass is 292 g/mol. The van der Waals surface area contributed by atoms with E-state index in [1.54, 1.807) is 17.1 Å². The molecule has 9 heteroatoms. The maximum Gasteiger partial charge on any atom is 0.323 e. The van der Waals surface area contributed by atoms with Gasteiger partial charge in [0.05, 0.1) is 19.3 Å². The van der Waals surface area contributed by atoms with Crippen molar-refractivity contribution < 1.29 is 4.74 Å². The molecule has 2 heterocycles. The molecule has 2 aromatic heterocycles. The van der Waals surface area contributed by atoms with E-state index in [0.29, 0.717) is 37.6 Å². The minimum atomic E-state index is 0.325. The second-order valence-corrected chi connectivity index (χ2v) is 4.24. The first-order valence-corrected chi connectivity index (χ1v) is 7.02. The first-order chi connectivity index (χ1) is 10.3. The zero-order chi connectivity index (χ0) is 14.9. The Morgan fingerprint density at radius 2 is 1.95 bits per heavy atom. The number of hydrogen-bond acceptors (Lipinski definition) is 8. The molecule has 114 valence electrons. The van der Waals surface area contributed by atoms with Gasteiger partial charge in [0.2, 0.25) is 11.9 Å². The number of ether oxygens (including phenoxy) is 1. The van der Waals surface area contributed by atoms with Crippen LogP contribution in [0.15, 0.2) is 12.4 Å². The van der Waals surface area contributed by atoms with Crippen LogP contribution in [0.3, 0.4) is 0 Å². The molecule has 0 fully saturated rings.